The molecule has 0 aromatic heterocycles. The Labute approximate surface area is 106 Å². The smallest absolute Gasteiger partial charge is 0.338 e. The van der Waals surface area contributed by atoms with Crippen molar-refractivity contribution in [1.82, 2.24) is 0 Å². The van der Waals surface area contributed by atoms with Crippen molar-refractivity contribution in [3.8, 4) is 0 Å². The molecule has 18 heavy (non-hydrogen) atoms. The van der Waals surface area contributed by atoms with Gasteiger partial charge in [-0.2, -0.15) is 0 Å². The number of carboxylic acid groups (broad SMARTS) is 1. The zero-order valence-electron chi connectivity index (χ0n) is 10.4. The summed E-state index contributed by atoms with van der Waals surface area (Å²) in [6, 6.07) is 10.1. The molecule has 1 unspecified atom stereocenters. The molecule has 4 nitrogen and oxygen atoms in total. The van der Waals surface area contributed by atoms with Gasteiger partial charge in [0.15, 0.2) is 6.34 Å². The fourth-order valence-electron chi connectivity index (χ4n) is 2.16. The zero-order chi connectivity index (χ0) is 13.0. The van der Waals surface area contributed by atoms with Crippen molar-refractivity contribution < 1.29 is 14.4 Å². The number of aliphatic carboxylic acids is 1. The highest BCUT2D eigenvalue weighted by molar-refractivity contribution is 5.87. The molecule has 1 atom stereocenters. The second kappa shape index (κ2) is 5.14. The van der Waals surface area contributed by atoms with Gasteiger partial charge in [0.1, 0.15) is 18.7 Å². The second-order valence-electron chi connectivity index (χ2n) is 4.56. The molecule has 0 amide bonds. The number of likely N-dealkylation sites (N-methyl/N-ethyl adjacent to an activating group) is 1. The van der Waals surface area contributed by atoms with Crippen LogP contribution >= 0.6 is 0 Å². The Morgan fingerprint density at radius 1 is 1.39 bits per heavy atom. The van der Waals surface area contributed by atoms with E-state index in [0.717, 1.165) is 13.1 Å². The first-order chi connectivity index (χ1) is 8.65. The van der Waals surface area contributed by atoms with E-state index in [0.29, 0.717) is 16.6 Å². The summed E-state index contributed by atoms with van der Waals surface area (Å²) in [7, 11) is 0. The van der Waals surface area contributed by atoms with Crippen molar-refractivity contribution in [1.29, 1.82) is 0 Å². The summed E-state index contributed by atoms with van der Waals surface area (Å²) >= 11 is 0. The van der Waals surface area contributed by atoms with Gasteiger partial charge in [-0.05, 0) is 6.92 Å². The van der Waals surface area contributed by atoms with Crippen LogP contribution in [0.1, 0.15) is 12.5 Å². The second-order valence-corrected chi connectivity index (χ2v) is 4.56. The molecule has 1 heterocycles. The van der Waals surface area contributed by atoms with Crippen LogP contribution in [-0.2, 0) is 11.3 Å². The van der Waals surface area contributed by atoms with E-state index in [2.05, 4.69) is 24.0 Å². The summed E-state index contributed by atoms with van der Waals surface area (Å²) in [6.07, 6.45) is 3.29. The maximum Gasteiger partial charge on any atom is 0.338 e. The van der Waals surface area contributed by atoms with E-state index >= 15 is 0 Å². The summed E-state index contributed by atoms with van der Waals surface area (Å²) in [5.41, 5.74) is 1.56. The van der Waals surface area contributed by atoms with E-state index in [1.165, 1.54) is 11.8 Å². The third-order valence-corrected chi connectivity index (χ3v) is 3.27. The van der Waals surface area contributed by atoms with Gasteiger partial charge >= 0.3 is 5.97 Å². The molecular formula is C14H17N2O2+. The van der Waals surface area contributed by atoms with Gasteiger partial charge in [-0.25, -0.2) is 9.79 Å². The number of rotatable bonds is 4. The van der Waals surface area contributed by atoms with Crippen molar-refractivity contribution in [2.75, 3.05) is 13.1 Å². The Kier molecular flexibility index (Phi) is 3.58. The van der Waals surface area contributed by atoms with Crippen LogP contribution in [0.15, 0.2) is 47.1 Å². The van der Waals surface area contributed by atoms with Gasteiger partial charge in [0.25, 0.3) is 0 Å². The third kappa shape index (κ3) is 2.65. The molecule has 4 heteroatoms. The van der Waals surface area contributed by atoms with Crippen LogP contribution in [0.5, 0.6) is 0 Å². The van der Waals surface area contributed by atoms with Crippen molar-refractivity contribution in [2.24, 2.45) is 4.99 Å². The van der Waals surface area contributed by atoms with E-state index in [1.54, 1.807) is 0 Å². The third-order valence-electron chi connectivity index (χ3n) is 3.27. The number of hydrogen-bond donors (Lipinski definition) is 1. The average molecular weight is 245 g/mol. The SMILES string of the molecule is CC[N+]1(Cc2ccccc2)C=NC=C(C(=O)O)C1. The summed E-state index contributed by atoms with van der Waals surface area (Å²) in [5, 5.41) is 9.08. The Bertz CT molecular complexity index is 494. The molecule has 1 aromatic carbocycles. The Morgan fingerprint density at radius 2 is 2.11 bits per heavy atom. The lowest BCUT2D eigenvalue weighted by atomic mass is 10.1. The predicted molar refractivity (Wildman–Crippen MR) is 70.0 cm³/mol. The van der Waals surface area contributed by atoms with E-state index in [1.807, 2.05) is 24.5 Å². The lowest BCUT2D eigenvalue weighted by Crippen LogP contribution is -2.49. The number of carboxylic acids is 1. The Hall–Kier alpha value is -1.94. The topological polar surface area (TPSA) is 49.7 Å². The van der Waals surface area contributed by atoms with Crippen LogP contribution in [0.2, 0.25) is 0 Å². The van der Waals surface area contributed by atoms with Gasteiger partial charge in [0.2, 0.25) is 0 Å². The van der Waals surface area contributed by atoms with Gasteiger partial charge in [-0.3, -0.25) is 4.48 Å². The van der Waals surface area contributed by atoms with Crippen LogP contribution in [-0.4, -0.2) is 35.0 Å². The summed E-state index contributed by atoms with van der Waals surface area (Å²) in [4.78, 5) is 15.2. The van der Waals surface area contributed by atoms with E-state index in [4.69, 9.17) is 5.11 Å². The highest BCUT2D eigenvalue weighted by Gasteiger charge is 2.30. The van der Waals surface area contributed by atoms with Gasteiger partial charge in [-0.15, -0.1) is 0 Å². The maximum absolute atomic E-state index is 11.1. The first-order valence-corrected chi connectivity index (χ1v) is 6.01. The lowest BCUT2D eigenvalue weighted by Gasteiger charge is -2.34. The number of nitrogens with zero attached hydrogens (tertiary/aromatic N) is 2. The van der Waals surface area contributed by atoms with Gasteiger partial charge in [0.05, 0.1) is 6.54 Å². The monoisotopic (exact) mass is 245 g/mol. The lowest BCUT2D eigenvalue weighted by molar-refractivity contribution is -0.842. The number of carbonyl (C=O) groups is 1. The quantitative estimate of drug-likeness (QED) is 0.825. The predicted octanol–water partition coefficient (Wildman–Crippen LogP) is 2.03. The number of quaternary nitrogens is 1. The van der Waals surface area contributed by atoms with E-state index in [9.17, 15) is 4.79 Å². The van der Waals surface area contributed by atoms with Crippen LogP contribution < -0.4 is 0 Å². The molecule has 1 aliphatic rings. The summed E-state index contributed by atoms with van der Waals surface area (Å²) < 4.78 is 0.558. The van der Waals surface area contributed by atoms with Crippen LogP contribution in [0.25, 0.3) is 0 Å². The highest BCUT2D eigenvalue weighted by Crippen LogP contribution is 2.18. The minimum absolute atomic E-state index is 0.371. The maximum atomic E-state index is 11.1. The van der Waals surface area contributed by atoms with Gasteiger partial charge < -0.3 is 5.11 Å². The molecule has 0 radical (unpaired) electrons. The largest absolute Gasteiger partial charge is 0.478 e. The first kappa shape index (κ1) is 12.5. The van der Waals surface area contributed by atoms with Gasteiger partial charge in [-0.1, -0.05) is 30.3 Å². The van der Waals surface area contributed by atoms with Gasteiger partial charge in [0, 0.05) is 11.8 Å². The van der Waals surface area contributed by atoms with E-state index < -0.39 is 5.97 Å². The minimum Gasteiger partial charge on any atom is -0.478 e. The molecule has 0 saturated carbocycles. The molecule has 0 bridgehead atoms. The molecule has 1 N–H and O–H groups in total. The molecule has 1 aliphatic heterocycles. The van der Waals surface area contributed by atoms with E-state index in [-0.39, 0.29) is 0 Å². The molecule has 0 saturated heterocycles. The fourth-order valence-corrected chi connectivity index (χ4v) is 2.16. The molecule has 0 aliphatic carbocycles. The molecule has 0 spiro atoms. The van der Waals surface area contributed by atoms with Crippen molar-refractivity contribution in [3.05, 3.63) is 47.7 Å². The summed E-state index contributed by atoms with van der Waals surface area (Å²) in [5.74, 6) is -0.879. The standard InChI is InChI=1S/C14H16N2O2/c1-2-16(9-12-6-4-3-5-7-12)10-13(14(17)18)8-15-11-16/h3-8,11H,2,9-10H2,1H3/p+1. The van der Waals surface area contributed by atoms with Crippen molar-refractivity contribution >= 4 is 12.3 Å². The summed E-state index contributed by atoms with van der Waals surface area (Å²) in [6.45, 7) is 4.14. The number of benzene rings is 1. The number of aliphatic imine (C=N–C) groups is 1. The van der Waals surface area contributed by atoms with Crippen LogP contribution in [0, 0.1) is 0 Å². The fraction of sp³-hybridized carbons (Fsp3) is 0.286. The van der Waals surface area contributed by atoms with Crippen LogP contribution in [0.3, 0.4) is 0 Å². The Morgan fingerprint density at radius 3 is 2.72 bits per heavy atom. The molecule has 0 fully saturated rings. The van der Waals surface area contributed by atoms with Crippen molar-refractivity contribution in [2.45, 2.75) is 13.5 Å². The number of hydrogen-bond acceptors (Lipinski definition) is 2. The molecule has 94 valence electrons. The van der Waals surface area contributed by atoms with Crippen LogP contribution in [0.4, 0.5) is 0 Å². The zero-order valence-corrected chi connectivity index (χ0v) is 10.4. The minimum atomic E-state index is -0.879. The Balaban J connectivity index is 2.21. The van der Waals surface area contributed by atoms with Crippen molar-refractivity contribution in [3.63, 3.8) is 0 Å². The normalized spacial score (nSPS) is 22.6. The molecule has 2 rings (SSSR count). The molecular weight excluding hydrogens is 228 g/mol. The first-order valence-electron chi connectivity index (χ1n) is 6.01. The molecule has 1 aromatic rings. The average Bonchev–Trinajstić information content (AvgIpc) is 2.40. The highest BCUT2D eigenvalue weighted by atomic mass is 16.4.